The Morgan fingerprint density at radius 1 is 0.388 bits per heavy atom. The maximum Gasteiger partial charge on any atom is 0.222 e. The lowest BCUT2D eigenvalue weighted by Gasteiger charge is -2.30. The highest BCUT2D eigenvalue weighted by molar-refractivity contribution is 5.78. The van der Waals surface area contributed by atoms with Crippen molar-refractivity contribution >= 4 is 11.8 Å². The summed E-state index contributed by atoms with van der Waals surface area (Å²) in [5, 5.41) is 0. The summed E-state index contributed by atoms with van der Waals surface area (Å²) in [6, 6.07) is 25.5. The zero-order valence-electron chi connectivity index (χ0n) is 48.3. The van der Waals surface area contributed by atoms with Gasteiger partial charge in [0.05, 0.1) is 0 Å². The van der Waals surface area contributed by atoms with E-state index in [0.717, 1.165) is 44.5 Å². The molecule has 0 unspecified atom stereocenters. The molecule has 2 amide bonds. The molecular weight excluding hydrogens is 823 g/mol. The molecule has 0 spiro atoms. The second-order valence-corrected chi connectivity index (χ2v) is 15.8. The van der Waals surface area contributed by atoms with E-state index in [1.54, 1.807) is 6.20 Å². The summed E-state index contributed by atoms with van der Waals surface area (Å²) >= 11 is 0. The first-order valence-corrected chi connectivity index (χ1v) is 26.5. The second-order valence-electron chi connectivity index (χ2n) is 15.8. The summed E-state index contributed by atoms with van der Waals surface area (Å²) in [4.78, 5) is 38.1. The number of hydrogen-bond acceptors (Lipinski definition) is 5. The van der Waals surface area contributed by atoms with E-state index in [1.165, 1.54) is 23.1 Å². The lowest BCUT2D eigenvalue weighted by molar-refractivity contribution is -0.135. The number of carbonyl (C=O) groups excluding carboxylic acids is 2. The van der Waals surface area contributed by atoms with Crippen molar-refractivity contribution in [2.24, 2.45) is 0 Å². The van der Waals surface area contributed by atoms with Crippen LogP contribution in [0.5, 0.6) is 0 Å². The van der Waals surface area contributed by atoms with E-state index in [0.29, 0.717) is 47.6 Å². The topological polar surface area (TPSA) is 79.3 Å². The Hall–Kier alpha value is -4.39. The van der Waals surface area contributed by atoms with Crippen molar-refractivity contribution in [2.45, 2.75) is 234 Å². The average molecular weight is 933 g/mol. The smallest absolute Gasteiger partial charge is 0.222 e. The highest BCUT2D eigenvalue weighted by atomic mass is 16.2. The molecule has 0 radical (unpaired) electrons. The Labute approximate surface area is 417 Å². The van der Waals surface area contributed by atoms with Crippen molar-refractivity contribution in [1.82, 2.24) is 24.8 Å². The molecule has 4 aromatic rings. The van der Waals surface area contributed by atoms with Gasteiger partial charge in [-0.05, 0) is 118 Å². The summed E-state index contributed by atoms with van der Waals surface area (Å²) < 4.78 is 0. The minimum absolute atomic E-state index is 0.324. The molecule has 1 aromatic carbocycles. The number of nitrogens with zero attached hydrogens (tertiary/aromatic N) is 5. The van der Waals surface area contributed by atoms with Crippen molar-refractivity contribution in [3.8, 4) is 0 Å². The standard InChI is InChI=1S/C9H12.C8H15NO.3C8H11N.C7H13NO.6C2H6/c1-8(2)9-6-4-3-5-7-9;1-7(2)9-6-4-3-5-8(9)10;1-7(2)8-3-5-9-6-4-8;1-7(2)8-4-3-5-9-6-8;1-7(2)8-5-3-4-6-9-8;1-6(2)8-5-3-4-7(8)9;6*1-2/h3-8H,1-2H3;7H,3-6H2,1-2H3;3*3-7H,1-2H3;6H,3-5H2,1-2H3;6*1-2H3. The molecule has 2 aliphatic heterocycles. The van der Waals surface area contributed by atoms with Gasteiger partial charge in [-0.2, -0.15) is 0 Å². The largest absolute Gasteiger partial charge is 0.340 e. The van der Waals surface area contributed by atoms with E-state index in [1.807, 2.05) is 160 Å². The number of carbonyl (C=O) groups is 2. The van der Waals surface area contributed by atoms with Gasteiger partial charge in [-0.1, -0.05) is 181 Å². The summed E-state index contributed by atoms with van der Waals surface area (Å²) in [5.74, 6) is 3.08. The zero-order chi connectivity index (χ0) is 53.2. The quantitative estimate of drug-likeness (QED) is 0.192. The van der Waals surface area contributed by atoms with Crippen LogP contribution in [-0.4, -0.2) is 61.7 Å². The molecule has 2 aliphatic rings. The second kappa shape index (κ2) is 54.2. The SMILES string of the molecule is CC.CC.CC.CC.CC.CC.CC(C)N1CCCC1=O.CC(C)N1CCCCC1=O.CC(C)c1ccccc1.CC(C)c1ccccn1.CC(C)c1cccnc1.CC(C)c1ccncc1. The molecule has 0 saturated carbocycles. The van der Waals surface area contributed by atoms with Gasteiger partial charge in [-0.25, -0.2) is 0 Å². The Morgan fingerprint density at radius 2 is 0.791 bits per heavy atom. The summed E-state index contributed by atoms with van der Waals surface area (Å²) in [7, 11) is 0. The van der Waals surface area contributed by atoms with Crippen molar-refractivity contribution in [2.75, 3.05) is 13.1 Å². The number of pyridine rings is 3. The van der Waals surface area contributed by atoms with E-state index in [4.69, 9.17) is 0 Å². The molecule has 2 saturated heterocycles. The Morgan fingerprint density at radius 3 is 1.06 bits per heavy atom. The van der Waals surface area contributed by atoms with Crippen LogP contribution < -0.4 is 0 Å². The van der Waals surface area contributed by atoms with Gasteiger partial charge in [0.2, 0.25) is 11.8 Å². The van der Waals surface area contributed by atoms with E-state index in [2.05, 4.69) is 128 Å². The van der Waals surface area contributed by atoms with Crippen LogP contribution in [-0.2, 0) is 9.59 Å². The van der Waals surface area contributed by atoms with Gasteiger partial charge in [0.1, 0.15) is 0 Å². The van der Waals surface area contributed by atoms with Crippen LogP contribution in [0.25, 0.3) is 0 Å². The lowest BCUT2D eigenvalue weighted by atomic mass is 10.0. The van der Waals surface area contributed by atoms with E-state index in [-0.39, 0.29) is 0 Å². The molecule has 0 aliphatic carbocycles. The first-order valence-electron chi connectivity index (χ1n) is 26.5. The molecule has 7 nitrogen and oxygen atoms in total. The van der Waals surface area contributed by atoms with E-state index < -0.39 is 0 Å². The highest BCUT2D eigenvalue weighted by Crippen LogP contribution is 2.15. The number of piperidine rings is 1. The van der Waals surface area contributed by atoms with Crippen LogP contribution >= 0.6 is 0 Å². The van der Waals surface area contributed by atoms with E-state index in [9.17, 15) is 9.59 Å². The van der Waals surface area contributed by atoms with Gasteiger partial charge in [0.15, 0.2) is 0 Å². The molecule has 0 bridgehead atoms. The molecule has 2 fully saturated rings. The summed E-state index contributed by atoms with van der Waals surface area (Å²) in [5.41, 5.74) is 5.23. The van der Waals surface area contributed by atoms with Gasteiger partial charge in [0.25, 0.3) is 0 Å². The Bertz CT molecular complexity index is 1350. The fourth-order valence-corrected chi connectivity index (χ4v) is 5.61. The molecule has 386 valence electrons. The third-order valence-electron chi connectivity index (χ3n) is 9.19. The number of rotatable bonds is 6. The minimum Gasteiger partial charge on any atom is -0.340 e. The van der Waals surface area contributed by atoms with Gasteiger partial charge < -0.3 is 9.80 Å². The minimum atomic E-state index is 0.324. The Kier molecular flexibility index (Phi) is 60.0. The first-order chi connectivity index (χ1) is 32.1. The number of aromatic nitrogens is 3. The molecule has 6 rings (SSSR count). The van der Waals surface area contributed by atoms with Gasteiger partial charge in [-0.15, -0.1) is 0 Å². The van der Waals surface area contributed by atoms with Crippen LogP contribution in [0.15, 0.2) is 104 Å². The van der Waals surface area contributed by atoms with Crippen molar-refractivity contribution in [3.05, 3.63) is 126 Å². The molecule has 3 aromatic heterocycles. The molecule has 5 heterocycles. The van der Waals surface area contributed by atoms with Crippen molar-refractivity contribution < 1.29 is 9.59 Å². The predicted octanol–water partition coefficient (Wildman–Crippen LogP) is 18.0. The first kappa shape index (κ1) is 74.2. The van der Waals surface area contributed by atoms with E-state index >= 15 is 0 Å². The average Bonchev–Trinajstić information content (AvgIpc) is 3.83. The van der Waals surface area contributed by atoms with Crippen LogP contribution in [0.4, 0.5) is 0 Å². The third-order valence-corrected chi connectivity index (χ3v) is 9.19. The highest BCUT2D eigenvalue weighted by Gasteiger charge is 2.22. The number of likely N-dealkylation sites (tertiary alicyclic amines) is 2. The van der Waals surface area contributed by atoms with Crippen LogP contribution in [0, 0.1) is 0 Å². The molecule has 0 N–H and O–H groups in total. The normalized spacial score (nSPS) is 11.7. The van der Waals surface area contributed by atoms with Crippen molar-refractivity contribution in [3.63, 3.8) is 0 Å². The summed E-state index contributed by atoms with van der Waals surface area (Å²) in [6.07, 6.45) is 14.0. The van der Waals surface area contributed by atoms with Crippen molar-refractivity contribution in [1.29, 1.82) is 0 Å². The fraction of sp³-hybridized carbons (Fsp3) is 0.617. The molecule has 67 heavy (non-hydrogen) atoms. The third kappa shape index (κ3) is 41.5. The number of hydrogen-bond donors (Lipinski definition) is 0. The number of benzene rings is 1. The predicted molar refractivity (Wildman–Crippen MR) is 300 cm³/mol. The monoisotopic (exact) mass is 932 g/mol. The summed E-state index contributed by atoms with van der Waals surface area (Å²) in [6.45, 7) is 51.6. The zero-order valence-corrected chi connectivity index (χ0v) is 48.3. The number of amides is 2. The Balaban J connectivity index is -0.000000159. The maximum atomic E-state index is 11.2. The maximum absolute atomic E-state index is 11.2. The van der Waals surface area contributed by atoms with Gasteiger partial charge in [-0.3, -0.25) is 24.5 Å². The van der Waals surface area contributed by atoms with Crippen LogP contribution in [0.3, 0.4) is 0 Å². The molecular formula is C60H109N5O2. The van der Waals surface area contributed by atoms with Gasteiger partial charge >= 0.3 is 0 Å². The lowest BCUT2D eigenvalue weighted by Crippen LogP contribution is -2.40. The van der Waals surface area contributed by atoms with Gasteiger partial charge in [0, 0.05) is 74.7 Å². The van der Waals surface area contributed by atoms with Crippen LogP contribution in [0.1, 0.15) is 244 Å². The fourth-order valence-electron chi connectivity index (χ4n) is 5.61. The van der Waals surface area contributed by atoms with Crippen LogP contribution in [0.2, 0.25) is 0 Å². The molecule has 0 atom stereocenters. The molecule has 7 heteroatoms.